The molecule has 9 aromatic carbocycles. The fourth-order valence-corrected chi connectivity index (χ4v) is 11.7. The molecule has 1 unspecified atom stereocenters. The number of hydrogen-bond acceptors (Lipinski definition) is 3. The average Bonchev–Trinajstić information content (AvgIpc) is 3.83. The zero-order valence-corrected chi connectivity index (χ0v) is 35.2. The van der Waals surface area contributed by atoms with Crippen LogP contribution in [0.15, 0.2) is 206 Å². The van der Waals surface area contributed by atoms with Gasteiger partial charge in [0.1, 0.15) is 0 Å². The number of rotatable bonds is 3. The van der Waals surface area contributed by atoms with Crippen LogP contribution in [0.4, 0.5) is 34.1 Å². The maximum Gasteiger partial charge on any atom is 0.152 e. The molecule has 0 saturated carbocycles. The van der Waals surface area contributed by atoms with Crippen LogP contribution < -0.4 is 14.5 Å². The van der Waals surface area contributed by atoms with E-state index in [1.165, 1.54) is 83.4 Å². The van der Waals surface area contributed by atoms with Crippen LogP contribution >= 0.6 is 0 Å². The summed E-state index contributed by atoms with van der Waals surface area (Å²) in [6.45, 7) is 2.32. The van der Waals surface area contributed by atoms with E-state index in [9.17, 15) is 0 Å². The van der Waals surface area contributed by atoms with Crippen molar-refractivity contribution in [3.63, 3.8) is 0 Å². The number of ether oxygens (including phenoxy) is 1. The Hall–Kier alpha value is -8.08. The lowest BCUT2D eigenvalue weighted by molar-refractivity contribution is 0.477. The third-order valence-corrected chi connectivity index (χ3v) is 14.3. The van der Waals surface area contributed by atoms with E-state index in [1.807, 2.05) is 0 Å². The summed E-state index contributed by atoms with van der Waals surface area (Å²) in [5.41, 5.74) is 18.6. The molecule has 0 fully saturated rings. The summed E-state index contributed by atoms with van der Waals surface area (Å²) in [6.07, 6.45) is 5.69. The minimum absolute atomic E-state index is 0.443. The van der Waals surface area contributed by atoms with Gasteiger partial charge >= 0.3 is 0 Å². The average molecular weight is 820 g/mol. The molecule has 4 aliphatic rings. The summed E-state index contributed by atoms with van der Waals surface area (Å²) in [6, 6.07) is 73.7. The topological polar surface area (TPSA) is 20.6 Å². The molecule has 0 bridgehead atoms. The predicted molar refractivity (Wildman–Crippen MR) is 263 cm³/mol. The molecule has 1 aromatic heterocycles. The third-order valence-electron chi connectivity index (χ3n) is 14.3. The molecule has 2 aliphatic carbocycles. The van der Waals surface area contributed by atoms with E-state index < -0.39 is 5.41 Å². The number of anilines is 6. The standard InChI is InChI=1S/C60H41N3O/c1-38-27-31-44-45-32-30-43(37-55(45)62(54(44)35-38)42-29-28-39-15-5-6-16-40(39)36-42)63-53-25-13-14-26-56(53)64-57-34-33-50-58(59(57)63)46-19-7-8-20-47(46)60(50)48-21-9-11-23-51(48)61(41-17-3-2-4-18-41)52-24-12-10-22-49(52)60/h2-34,36-38H,35H2,1H3. The third kappa shape index (κ3) is 4.72. The fourth-order valence-electron chi connectivity index (χ4n) is 11.7. The van der Waals surface area contributed by atoms with Crippen LogP contribution in [0.3, 0.4) is 0 Å². The van der Waals surface area contributed by atoms with Crippen LogP contribution in [0, 0.1) is 5.92 Å². The highest BCUT2D eigenvalue weighted by Gasteiger charge is 2.53. The van der Waals surface area contributed by atoms with Crippen molar-refractivity contribution in [3.8, 4) is 28.3 Å². The second-order valence-corrected chi connectivity index (χ2v) is 17.7. The minimum Gasteiger partial charge on any atom is -0.453 e. The molecule has 302 valence electrons. The van der Waals surface area contributed by atoms with Crippen LogP contribution in [0.5, 0.6) is 11.5 Å². The first-order valence-corrected chi connectivity index (χ1v) is 22.4. The Kier molecular flexibility index (Phi) is 7.33. The van der Waals surface area contributed by atoms with Crippen molar-refractivity contribution in [3.05, 3.63) is 240 Å². The lowest BCUT2D eigenvalue weighted by Gasteiger charge is -2.45. The van der Waals surface area contributed by atoms with Gasteiger partial charge in [-0.1, -0.05) is 153 Å². The van der Waals surface area contributed by atoms with Crippen molar-refractivity contribution >= 4 is 61.9 Å². The molecule has 14 rings (SSSR count). The molecule has 64 heavy (non-hydrogen) atoms. The number of aromatic nitrogens is 1. The molecule has 3 heterocycles. The van der Waals surface area contributed by atoms with Gasteiger partial charge in [0.2, 0.25) is 0 Å². The Labute approximate surface area is 372 Å². The van der Waals surface area contributed by atoms with Gasteiger partial charge in [0, 0.05) is 39.3 Å². The number of fused-ring (bicyclic) bond motifs is 16. The van der Waals surface area contributed by atoms with Gasteiger partial charge in [-0.15, -0.1) is 0 Å². The Morgan fingerprint density at radius 1 is 0.500 bits per heavy atom. The summed E-state index contributed by atoms with van der Waals surface area (Å²) < 4.78 is 9.52. The number of benzene rings is 9. The lowest BCUT2D eigenvalue weighted by Crippen LogP contribution is -2.36. The van der Waals surface area contributed by atoms with Crippen LogP contribution in [0.2, 0.25) is 0 Å². The summed E-state index contributed by atoms with van der Waals surface area (Å²) >= 11 is 0. The maximum atomic E-state index is 6.99. The predicted octanol–water partition coefficient (Wildman–Crippen LogP) is 15.7. The van der Waals surface area contributed by atoms with Gasteiger partial charge in [0.25, 0.3) is 0 Å². The van der Waals surface area contributed by atoms with Crippen LogP contribution in [-0.2, 0) is 11.8 Å². The van der Waals surface area contributed by atoms with Crippen LogP contribution in [-0.4, -0.2) is 4.57 Å². The van der Waals surface area contributed by atoms with Crippen molar-refractivity contribution in [1.82, 2.24) is 4.57 Å². The maximum absolute atomic E-state index is 6.99. The zero-order valence-electron chi connectivity index (χ0n) is 35.2. The highest BCUT2D eigenvalue weighted by Crippen LogP contribution is 2.67. The van der Waals surface area contributed by atoms with E-state index in [2.05, 4.69) is 234 Å². The highest BCUT2D eigenvalue weighted by molar-refractivity contribution is 6.05. The van der Waals surface area contributed by atoms with Crippen molar-refractivity contribution in [2.45, 2.75) is 18.8 Å². The van der Waals surface area contributed by atoms with E-state index in [0.29, 0.717) is 5.92 Å². The van der Waals surface area contributed by atoms with Crippen LogP contribution in [0.1, 0.15) is 40.4 Å². The Balaban J connectivity index is 1.05. The quantitative estimate of drug-likeness (QED) is 0.177. The molecular weight excluding hydrogens is 779 g/mol. The summed E-state index contributed by atoms with van der Waals surface area (Å²) in [5, 5.41) is 3.75. The summed E-state index contributed by atoms with van der Waals surface area (Å²) in [5.74, 6) is 2.12. The molecule has 4 nitrogen and oxygen atoms in total. The van der Waals surface area contributed by atoms with E-state index in [-0.39, 0.29) is 0 Å². The monoisotopic (exact) mass is 819 g/mol. The fraction of sp³-hybridized carbons (Fsp3) is 0.0667. The number of para-hydroxylation sites is 5. The summed E-state index contributed by atoms with van der Waals surface area (Å²) in [7, 11) is 0. The van der Waals surface area contributed by atoms with E-state index in [0.717, 1.165) is 40.7 Å². The first kappa shape index (κ1) is 35.5. The Morgan fingerprint density at radius 3 is 1.98 bits per heavy atom. The molecule has 0 saturated heterocycles. The lowest BCUT2D eigenvalue weighted by atomic mass is 9.64. The van der Waals surface area contributed by atoms with Gasteiger partial charge in [-0.05, 0) is 118 Å². The van der Waals surface area contributed by atoms with Crippen molar-refractivity contribution in [1.29, 1.82) is 0 Å². The van der Waals surface area contributed by atoms with Gasteiger partial charge in [0.05, 0.1) is 33.7 Å². The highest BCUT2D eigenvalue weighted by atomic mass is 16.5. The molecular formula is C60H41N3O. The largest absolute Gasteiger partial charge is 0.453 e. The molecule has 0 N–H and O–H groups in total. The number of hydrogen-bond donors (Lipinski definition) is 0. The first-order chi connectivity index (χ1) is 31.7. The Bertz CT molecular complexity index is 3570. The van der Waals surface area contributed by atoms with E-state index >= 15 is 0 Å². The second-order valence-electron chi connectivity index (χ2n) is 17.7. The normalized spacial score (nSPS) is 15.8. The van der Waals surface area contributed by atoms with Crippen LogP contribution in [0.25, 0.3) is 44.6 Å². The minimum atomic E-state index is -0.598. The van der Waals surface area contributed by atoms with Gasteiger partial charge in [0.15, 0.2) is 11.5 Å². The molecule has 10 aromatic rings. The number of allylic oxidation sites excluding steroid dienone is 1. The van der Waals surface area contributed by atoms with Gasteiger partial charge < -0.3 is 19.1 Å². The van der Waals surface area contributed by atoms with Crippen molar-refractivity contribution in [2.75, 3.05) is 9.80 Å². The number of nitrogens with zero attached hydrogens (tertiary/aromatic N) is 3. The van der Waals surface area contributed by atoms with Crippen molar-refractivity contribution in [2.24, 2.45) is 5.92 Å². The Morgan fingerprint density at radius 2 is 1.17 bits per heavy atom. The first-order valence-electron chi connectivity index (χ1n) is 22.4. The molecule has 1 spiro atoms. The molecule has 0 amide bonds. The summed E-state index contributed by atoms with van der Waals surface area (Å²) in [4.78, 5) is 4.92. The molecule has 2 aliphatic heterocycles. The SMILES string of the molecule is CC1C=Cc2c(n(-c3ccc4ccccc4c3)c3cc(N4c5ccccc5Oc5ccc6c(c54)-c4ccccc4C64c5ccccc5N(c5ccccc5)c5ccccc54)ccc23)C1. The smallest absolute Gasteiger partial charge is 0.152 e. The van der Waals surface area contributed by atoms with E-state index in [1.54, 1.807) is 0 Å². The van der Waals surface area contributed by atoms with E-state index in [4.69, 9.17) is 4.74 Å². The molecule has 1 atom stereocenters. The molecule has 4 heteroatoms. The van der Waals surface area contributed by atoms with Gasteiger partial charge in [-0.25, -0.2) is 0 Å². The zero-order chi connectivity index (χ0) is 42.1. The van der Waals surface area contributed by atoms with Gasteiger partial charge in [-0.3, -0.25) is 0 Å². The molecule has 0 radical (unpaired) electrons. The van der Waals surface area contributed by atoms with Crippen molar-refractivity contribution < 1.29 is 4.74 Å². The van der Waals surface area contributed by atoms with Gasteiger partial charge in [-0.2, -0.15) is 0 Å². The second kappa shape index (κ2) is 13.2.